The molecule has 0 radical (unpaired) electrons. The molecule has 0 aliphatic rings. The third-order valence-corrected chi connectivity index (χ3v) is 3.17. The summed E-state index contributed by atoms with van der Waals surface area (Å²) in [6.45, 7) is 4.60. The van der Waals surface area contributed by atoms with Crippen molar-refractivity contribution in [2.45, 2.75) is 13.8 Å². The minimum Gasteiger partial charge on any atom is -0.409 e. The van der Waals surface area contributed by atoms with Crippen LogP contribution < -0.4 is 5.73 Å². The monoisotopic (exact) mass is 328 g/mol. The van der Waals surface area contributed by atoms with Crippen molar-refractivity contribution in [3.63, 3.8) is 0 Å². The number of carbonyl (C=O) groups is 1. The van der Waals surface area contributed by atoms with Gasteiger partial charge in [-0.25, -0.2) is 0 Å². The highest BCUT2D eigenvalue weighted by atomic mass is 79.9. The lowest BCUT2D eigenvalue weighted by atomic mass is 10.1. The Labute approximate surface area is 120 Å². The molecular weight excluding hydrogens is 312 g/mol. The van der Waals surface area contributed by atoms with E-state index in [0.717, 1.165) is 4.47 Å². The van der Waals surface area contributed by atoms with Gasteiger partial charge < -0.3 is 15.8 Å². The first-order valence-electron chi connectivity index (χ1n) is 5.86. The fraction of sp³-hybridized carbons (Fsp3) is 0.417. The number of nitrogens with zero attached hydrogens (tertiary/aromatic N) is 3. The minimum atomic E-state index is -0.214. The van der Waals surface area contributed by atoms with Crippen LogP contribution in [0.1, 0.15) is 24.2 Å². The summed E-state index contributed by atoms with van der Waals surface area (Å²) in [6, 6.07) is 1.71. The molecule has 1 unspecified atom stereocenters. The molecule has 7 heteroatoms. The summed E-state index contributed by atoms with van der Waals surface area (Å²) >= 11 is 3.28. The molecule has 0 spiro atoms. The average molecular weight is 329 g/mol. The van der Waals surface area contributed by atoms with Gasteiger partial charge in [-0.15, -0.1) is 0 Å². The Bertz CT molecular complexity index is 479. The van der Waals surface area contributed by atoms with Gasteiger partial charge in [0.05, 0.1) is 5.56 Å². The Morgan fingerprint density at radius 2 is 2.32 bits per heavy atom. The summed E-state index contributed by atoms with van der Waals surface area (Å²) in [7, 11) is 0. The first-order valence-corrected chi connectivity index (χ1v) is 6.66. The second kappa shape index (κ2) is 7.08. The number of hydrogen-bond acceptors (Lipinski definition) is 4. The maximum absolute atomic E-state index is 12.3. The third kappa shape index (κ3) is 4.20. The van der Waals surface area contributed by atoms with E-state index in [9.17, 15) is 4.79 Å². The van der Waals surface area contributed by atoms with E-state index in [0.29, 0.717) is 18.7 Å². The molecule has 6 nitrogen and oxygen atoms in total. The molecule has 1 atom stereocenters. The average Bonchev–Trinajstić information content (AvgIpc) is 2.42. The number of pyridine rings is 1. The van der Waals surface area contributed by atoms with Crippen LogP contribution in [0.25, 0.3) is 0 Å². The van der Waals surface area contributed by atoms with Crippen molar-refractivity contribution in [2.24, 2.45) is 16.8 Å². The van der Waals surface area contributed by atoms with Crippen molar-refractivity contribution in [1.82, 2.24) is 9.88 Å². The Morgan fingerprint density at radius 3 is 2.84 bits per heavy atom. The molecule has 3 N–H and O–H groups in total. The molecule has 104 valence electrons. The number of amides is 1. The molecule has 0 aliphatic carbocycles. The van der Waals surface area contributed by atoms with Crippen LogP contribution >= 0.6 is 15.9 Å². The molecule has 0 aromatic carbocycles. The molecule has 1 heterocycles. The summed E-state index contributed by atoms with van der Waals surface area (Å²) in [4.78, 5) is 17.9. The predicted molar refractivity (Wildman–Crippen MR) is 76.1 cm³/mol. The van der Waals surface area contributed by atoms with E-state index in [-0.39, 0.29) is 17.7 Å². The van der Waals surface area contributed by atoms with E-state index in [2.05, 4.69) is 26.1 Å². The van der Waals surface area contributed by atoms with Crippen molar-refractivity contribution in [2.75, 3.05) is 13.1 Å². The lowest BCUT2D eigenvalue weighted by Crippen LogP contribution is -2.38. The third-order valence-electron chi connectivity index (χ3n) is 2.74. The van der Waals surface area contributed by atoms with E-state index in [1.807, 2.05) is 6.92 Å². The van der Waals surface area contributed by atoms with Crippen LogP contribution in [-0.2, 0) is 0 Å². The van der Waals surface area contributed by atoms with Gasteiger partial charge in [0.1, 0.15) is 5.84 Å². The fourth-order valence-electron chi connectivity index (χ4n) is 1.59. The zero-order chi connectivity index (χ0) is 14.4. The van der Waals surface area contributed by atoms with E-state index < -0.39 is 0 Å². The molecule has 0 saturated heterocycles. The SMILES string of the molecule is CCN(CC(C)C(N)=NO)C(=O)c1cncc(Br)c1. The van der Waals surface area contributed by atoms with Crippen molar-refractivity contribution in [3.8, 4) is 0 Å². The number of rotatable bonds is 5. The largest absolute Gasteiger partial charge is 0.409 e. The standard InChI is InChI=1S/C12H17BrN4O2/c1-3-17(7-8(2)11(14)16-19)12(18)9-4-10(13)6-15-5-9/h4-6,8,19H,3,7H2,1-2H3,(H2,14,16). The summed E-state index contributed by atoms with van der Waals surface area (Å²) < 4.78 is 0.749. The Kier molecular flexibility index (Phi) is 5.75. The van der Waals surface area contributed by atoms with Gasteiger partial charge in [-0.2, -0.15) is 0 Å². The topological polar surface area (TPSA) is 91.8 Å². The molecule has 0 saturated carbocycles. The van der Waals surface area contributed by atoms with E-state index >= 15 is 0 Å². The van der Waals surface area contributed by atoms with Gasteiger partial charge in [0, 0.05) is 35.9 Å². The lowest BCUT2D eigenvalue weighted by Gasteiger charge is -2.24. The second-order valence-electron chi connectivity index (χ2n) is 4.16. The van der Waals surface area contributed by atoms with E-state index in [1.165, 1.54) is 6.20 Å². The predicted octanol–water partition coefficient (Wildman–Crippen LogP) is 1.69. The number of hydrogen-bond donors (Lipinski definition) is 2. The smallest absolute Gasteiger partial charge is 0.255 e. The van der Waals surface area contributed by atoms with Crippen molar-refractivity contribution in [1.29, 1.82) is 0 Å². The number of halogens is 1. The molecule has 1 aromatic heterocycles. The lowest BCUT2D eigenvalue weighted by molar-refractivity contribution is 0.0753. The maximum atomic E-state index is 12.3. The van der Waals surface area contributed by atoms with Crippen LogP contribution in [0.5, 0.6) is 0 Å². The van der Waals surface area contributed by atoms with E-state index in [1.54, 1.807) is 24.1 Å². The molecular formula is C12H17BrN4O2. The van der Waals surface area contributed by atoms with Crippen molar-refractivity contribution in [3.05, 3.63) is 28.5 Å². The van der Waals surface area contributed by atoms with Crippen molar-refractivity contribution < 1.29 is 10.0 Å². The number of aromatic nitrogens is 1. The maximum Gasteiger partial charge on any atom is 0.255 e. The van der Waals surface area contributed by atoms with Crippen LogP contribution in [0.15, 0.2) is 28.1 Å². The van der Waals surface area contributed by atoms with Crippen molar-refractivity contribution >= 4 is 27.7 Å². The Morgan fingerprint density at radius 1 is 1.63 bits per heavy atom. The normalized spacial score (nSPS) is 13.1. The zero-order valence-electron chi connectivity index (χ0n) is 10.9. The zero-order valence-corrected chi connectivity index (χ0v) is 12.5. The summed E-state index contributed by atoms with van der Waals surface area (Å²) in [5.74, 6) is -0.235. The number of oxime groups is 1. The summed E-state index contributed by atoms with van der Waals surface area (Å²) in [6.07, 6.45) is 3.13. The molecule has 19 heavy (non-hydrogen) atoms. The van der Waals surface area contributed by atoms with Crippen LogP contribution in [0.2, 0.25) is 0 Å². The van der Waals surface area contributed by atoms with Gasteiger partial charge in [0.15, 0.2) is 0 Å². The quantitative estimate of drug-likeness (QED) is 0.372. The Hall–Kier alpha value is -1.63. The first-order chi connectivity index (χ1) is 8.99. The van der Waals surface area contributed by atoms with Gasteiger partial charge in [0.25, 0.3) is 5.91 Å². The van der Waals surface area contributed by atoms with Crippen LogP contribution in [0.4, 0.5) is 0 Å². The van der Waals surface area contributed by atoms with Crippen LogP contribution in [-0.4, -0.2) is 39.9 Å². The first kappa shape index (κ1) is 15.4. The molecule has 1 amide bonds. The molecule has 0 bridgehead atoms. The number of amidine groups is 1. The van der Waals surface area contributed by atoms with Crippen LogP contribution in [0.3, 0.4) is 0 Å². The Balaban J connectivity index is 2.83. The van der Waals surface area contributed by atoms with Crippen LogP contribution in [0, 0.1) is 5.92 Å². The highest BCUT2D eigenvalue weighted by Gasteiger charge is 2.19. The fourth-order valence-corrected chi connectivity index (χ4v) is 1.95. The highest BCUT2D eigenvalue weighted by Crippen LogP contribution is 2.12. The minimum absolute atomic E-state index is 0.110. The van der Waals surface area contributed by atoms with Gasteiger partial charge in [0.2, 0.25) is 0 Å². The summed E-state index contributed by atoms with van der Waals surface area (Å²) in [5.41, 5.74) is 6.03. The van der Waals surface area contributed by atoms with Gasteiger partial charge >= 0.3 is 0 Å². The molecule has 1 rings (SSSR count). The second-order valence-corrected chi connectivity index (χ2v) is 5.08. The summed E-state index contributed by atoms with van der Waals surface area (Å²) in [5, 5.41) is 11.6. The van der Waals surface area contributed by atoms with Gasteiger partial charge in [-0.1, -0.05) is 12.1 Å². The van der Waals surface area contributed by atoms with Gasteiger partial charge in [-0.05, 0) is 28.9 Å². The van der Waals surface area contributed by atoms with Gasteiger partial charge in [-0.3, -0.25) is 9.78 Å². The molecule has 0 aliphatic heterocycles. The molecule has 1 aromatic rings. The number of nitrogens with two attached hydrogens (primary N) is 1. The highest BCUT2D eigenvalue weighted by molar-refractivity contribution is 9.10. The molecule has 0 fully saturated rings. The van der Waals surface area contributed by atoms with E-state index in [4.69, 9.17) is 10.9 Å². The number of carbonyl (C=O) groups excluding carboxylic acids is 1.